The quantitative estimate of drug-likeness (QED) is 0.483. The minimum absolute atomic E-state index is 0.00608. The van der Waals surface area contributed by atoms with Gasteiger partial charge < -0.3 is 20.9 Å². The van der Waals surface area contributed by atoms with E-state index >= 15 is 4.39 Å². The van der Waals surface area contributed by atoms with E-state index in [0.717, 1.165) is 42.6 Å². The van der Waals surface area contributed by atoms with Crippen LogP contribution in [0.1, 0.15) is 58.6 Å². The summed E-state index contributed by atoms with van der Waals surface area (Å²) in [4.78, 5) is 30.9. The van der Waals surface area contributed by atoms with E-state index in [0.29, 0.717) is 18.2 Å². The molecule has 0 saturated heterocycles. The van der Waals surface area contributed by atoms with E-state index in [4.69, 9.17) is 12.2 Å². The Labute approximate surface area is 193 Å². The third-order valence-electron chi connectivity index (χ3n) is 6.56. The number of aromatic nitrogens is 1. The predicted molar refractivity (Wildman–Crippen MR) is 128 cm³/mol. The van der Waals surface area contributed by atoms with Crippen LogP contribution in [0.2, 0.25) is 0 Å². The largest absolute Gasteiger partial charge is 0.359 e. The number of nitrogens with one attached hydrogen (secondary N) is 2. The number of anilines is 1. The number of hydrogen-bond acceptors (Lipinski definition) is 3. The van der Waals surface area contributed by atoms with Crippen LogP contribution in [0.3, 0.4) is 0 Å². The maximum absolute atomic E-state index is 15.7. The van der Waals surface area contributed by atoms with Gasteiger partial charge in [-0.1, -0.05) is 5.92 Å². The van der Waals surface area contributed by atoms with Crippen molar-refractivity contribution in [1.82, 2.24) is 10.3 Å². The highest BCUT2D eigenvalue weighted by Crippen LogP contribution is 2.42. The fraction of sp³-hybridized carbons (Fsp3) is 0.385. The van der Waals surface area contributed by atoms with Crippen LogP contribution in [-0.2, 0) is 4.79 Å². The molecule has 2 aliphatic rings. The van der Waals surface area contributed by atoms with Crippen LogP contribution < -0.4 is 16.0 Å². The normalized spacial score (nSPS) is 21.2. The van der Waals surface area contributed by atoms with Crippen molar-refractivity contribution in [3.8, 4) is 12.3 Å². The Hall–Kier alpha value is -3.37. The van der Waals surface area contributed by atoms with Crippen LogP contribution in [0.25, 0.3) is 11.6 Å². The number of fused-ring (bicyclic) bond motifs is 1. The summed E-state index contributed by atoms with van der Waals surface area (Å²) in [5, 5.41) is 2.50. The number of H-pyrrole nitrogens is 1. The maximum atomic E-state index is 15.7. The topological polar surface area (TPSA) is 91.2 Å². The van der Waals surface area contributed by atoms with E-state index in [1.807, 2.05) is 19.9 Å². The number of aryl methyl sites for hydroxylation is 2. The Morgan fingerprint density at radius 1 is 1.33 bits per heavy atom. The van der Waals surface area contributed by atoms with Crippen molar-refractivity contribution in [2.24, 2.45) is 11.7 Å². The van der Waals surface area contributed by atoms with Gasteiger partial charge in [-0.05, 0) is 75.3 Å². The van der Waals surface area contributed by atoms with E-state index in [2.05, 4.69) is 16.2 Å². The molecule has 1 aromatic heterocycles. The Bertz CT molecular complexity index is 1170. The number of hydrogen-bond donors (Lipinski definition) is 3. The molecule has 0 unspecified atom stereocenters. The average Bonchev–Trinajstić information content (AvgIpc) is 3.24. The summed E-state index contributed by atoms with van der Waals surface area (Å²) in [6, 6.07) is 5.25. The van der Waals surface area contributed by atoms with E-state index in [1.54, 1.807) is 17.0 Å². The summed E-state index contributed by atoms with van der Waals surface area (Å²) in [7, 11) is 0. The Kier molecular flexibility index (Phi) is 6.39. The Morgan fingerprint density at radius 3 is 2.70 bits per heavy atom. The highest BCUT2D eigenvalue weighted by molar-refractivity contribution is 6.36. The lowest BCUT2D eigenvalue weighted by atomic mass is 9.86. The van der Waals surface area contributed by atoms with Gasteiger partial charge in [-0.2, -0.15) is 0 Å². The van der Waals surface area contributed by atoms with Crippen molar-refractivity contribution < 1.29 is 14.0 Å². The van der Waals surface area contributed by atoms with E-state index in [-0.39, 0.29) is 35.2 Å². The molecule has 4 N–H and O–H groups in total. The van der Waals surface area contributed by atoms with Crippen molar-refractivity contribution in [3.63, 3.8) is 0 Å². The Morgan fingerprint density at radius 2 is 2.06 bits per heavy atom. The average molecular weight is 449 g/mol. The van der Waals surface area contributed by atoms with Crippen LogP contribution in [0.4, 0.5) is 10.1 Å². The van der Waals surface area contributed by atoms with Gasteiger partial charge in [0.1, 0.15) is 5.82 Å². The molecule has 0 spiro atoms. The number of carbonyl (C=O) groups excluding carboxylic acids is 2. The van der Waals surface area contributed by atoms with Crippen LogP contribution in [0.15, 0.2) is 18.2 Å². The molecule has 33 heavy (non-hydrogen) atoms. The zero-order valence-corrected chi connectivity index (χ0v) is 19.0. The second-order valence-electron chi connectivity index (χ2n) is 9.01. The van der Waals surface area contributed by atoms with Crippen molar-refractivity contribution in [1.29, 1.82) is 0 Å². The lowest BCUT2D eigenvalue weighted by molar-refractivity contribution is -0.113. The third kappa shape index (κ3) is 4.44. The van der Waals surface area contributed by atoms with Crippen LogP contribution in [0, 0.1) is 37.9 Å². The first-order valence-corrected chi connectivity index (χ1v) is 11.3. The monoisotopic (exact) mass is 448 g/mol. The van der Waals surface area contributed by atoms with Crippen LogP contribution in [0.5, 0.6) is 0 Å². The van der Waals surface area contributed by atoms with Gasteiger partial charge in [0, 0.05) is 29.5 Å². The van der Waals surface area contributed by atoms with Gasteiger partial charge in [0.15, 0.2) is 0 Å². The first kappa shape index (κ1) is 22.8. The van der Waals surface area contributed by atoms with Crippen molar-refractivity contribution in [2.45, 2.75) is 45.6 Å². The molecule has 172 valence electrons. The van der Waals surface area contributed by atoms with Crippen LogP contribution >= 0.6 is 0 Å². The van der Waals surface area contributed by atoms with Crippen molar-refractivity contribution in [3.05, 3.63) is 52.1 Å². The maximum Gasteiger partial charge on any atom is 0.259 e. The molecular weight excluding hydrogens is 419 g/mol. The van der Waals surface area contributed by atoms with Gasteiger partial charge in [-0.25, -0.2) is 4.39 Å². The summed E-state index contributed by atoms with van der Waals surface area (Å²) in [6.45, 7) is 4.35. The summed E-state index contributed by atoms with van der Waals surface area (Å²) >= 11 is 0. The fourth-order valence-electron chi connectivity index (χ4n) is 4.80. The predicted octanol–water partition coefficient (Wildman–Crippen LogP) is 3.54. The molecule has 7 heteroatoms. The second-order valence-corrected chi connectivity index (χ2v) is 9.01. The van der Waals surface area contributed by atoms with Gasteiger partial charge >= 0.3 is 0 Å². The summed E-state index contributed by atoms with van der Waals surface area (Å²) < 4.78 is 15.7. The number of rotatable bonds is 5. The lowest BCUT2D eigenvalue weighted by Crippen LogP contribution is -2.36. The van der Waals surface area contributed by atoms with E-state index in [1.165, 1.54) is 6.07 Å². The first-order chi connectivity index (χ1) is 15.8. The molecule has 1 aliphatic carbocycles. The minimum Gasteiger partial charge on any atom is -0.359 e. The molecule has 2 amide bonds. The summed E-state index contributed by atoms with van der Waals surface area (Å²) in [5.41, 5.74) is 9.45. The number of halogens is 1. The minimum atomic E-state index is -0.712. The molecule has 0 radical (unpaired) electrons. The molecule has 2 heterocycles. The molecule has 4 rings (SSSR count). The smallest absolute Gasteiger partial charge is 0.259 e. The number of terminal acetylenes is 1. The first-order valence-electron chi connectivity index (χ1n) is 11.3. The number of nitrogens with zero attached hydrogens (tertiary/aromatic N) is 1. The molecule has 1 saturated carbocycles. The summed E-state index contributed by atoms with van der Waals surface area (Å²) in [6.07, 6.45) is 10.6. The molecule has 2 aromatic rings. The van der Waals surface area contributed by atoms with Gasteiger partial charge in [0.05, 0.1) is 23.4 Å². The standard InChI is InChI=1S/C26H29FN4O2/c1-4-11-29-25(32)19-9-10-22-23(24(19)27)20(13-21-15(2)12-16(3)30-21)26(33)31(22)14-17-5-7-18(28)8-6-17/h1,9-10,12-13,17-18,30H,5-8,11,14,28H2,2-3H3,(H,29,32)/b20-13-. The van der Waals surface area contributed by atoms with Gasteiger partial charge in [0.25, 0.3) is 11.8 Å². The number of amides is 2. The number of aromatic amines is 1. The molecule has 1 aromatic carbocycles. The van der Waals surface area contributed by atoms with Gasteiger partial charge in [0.2, 0.25) is 0 Å². The highest BCUT2D eigenvalue weighted by Gasteiger charge is 2.38. The summed E-state index contributed by atoms with van der Waals surface area (Å²) in [5.74, 6) is 1.04. The SMILES string of the molecule is C#CCNC(=O)c1ccc2c(c1F)/C(=C/c1[nH]c(C)cc1C)C(=O)N2CC1CCC(N)CC1. The Balaban J connectivity index is 1.77. The molecular formula is C26H29FN4O2. The molecule has 0 bridgehead atoms. The molecule has 1 fully saturated rings. The molecule has 6 nitrogen and oxygen atoms in total. The number of nitrogens with two attached hydrogens (primary N) is 1. The van der Waals surface area contributed by atoms with E-state index in [9.17, 15) is 9.59 Å². The van der Waals surface area contributed by atoms with E-state index < -0.39 is 11.7 Å². The number of benzene rings is 1. The zero-order chi connectivity index (χ0) is 23.7. The lowest BCUT2D eigenvalue weighted by Gasteiger charge is -2.29. The number of carbonyl (C=O) groups is 2. The second kappa shape index (κ2) is 9.24. The van der Waals surface area contributed by atoms with Gasteiger partial charge in [-0.3, -0.25) is 9.59 Å². The fourth-order valence-corrected chi connectivity index (χ4v) is 4.80. The third-order valence-corrected chi connectivity index (χ3v) is 6.56. The zero-order valence-electron chi connectivity index (χ0n) is 19.0. The van der Waals surface area contributed by atoms with Crippen LogP contribution in [-0.4, -0.2) is 35.9 Å². The van der Waals surface area contributed by atoms with Gasteiger partial charge in [-0.15, -0.1) is 6.42 Å². The van der Waals surface area contributed by atoms with Crippen molar-refractivity contribution in [2.75, 3.05) is 18.0 Å². The molecule has 0 atom stereocenters. The van der Waals surface area contributed by atoms with Crippen molar-refractivity contribution >= 4 is 29.2 Å². The molecule has 1 aliphatic heterocycles. The highest BCUT2D eigenvalue weighted by atomic mass is 19.1.